The normalized spacial score (nSPS) is 8.29. The van der Waals surface area contributed by atoms with Gasteiger partial charge in [0.05, 0.1) is 13.2 Å². The first-order chi connectivity index (χ1) is 7.97. The van der Waals surface area contributed by atoms with Crippen LogP contribution in [0.15, 0.2) is 25.3 Å². The Hall–Kier alpha value is -1.99. The quantitative estimate of drug-likeness (QED) is 0.281. The number of hydrogen-bond donors (Lipinski definition) is 2. The van der Waals surface area contributed by atoms with Gasteiger partial charge in [-0.2, -0.15) is 0 Å². The number of carboxylic acid groups (broad SMARTS) is 1. The van der Waals surface area contributed by atoms with Crippen LogP contribution in [-0.2, 0) is 23.9 Å². The molecule has 0 saturated carbocycles. The maximum atomic E-state index is 10.6. The smallest absolute Gasteiger partial charge is 0.339 e. The highest BCUT2D eigenvalue weighted by atomic mass is 16.6. The lowest BCUT2D eigenvalue weighted by molar-refractivity contribution is -0.159. The molecule has 0 spiro atoms. The van der Waals surface area contributed by atoms with E-state index in [0.717, 1.165) is 12.2 Å². The maximum Gasteiger partial charge on any atom is 0.339 e. The van der Waals surface area contributed by atoms with Crippen LogP contribution in [0.5, 0.6) is 0 Å². The summed E-state index contributed by atoms with van der Waals surface area (Å²) in [5.41, 5.74) is 0. The highest BCUT2D eigenvalue weighted by molar-refractivity contribution is 5.92. The van der Waals surface area contributed by atoms with Crippen molar-refractivity contribution in [2.75, 3.05) is 19.8 Å². The Labute approximate surface area is 98.0 Å². The van der Waals surface area contributed by atoms with Crippen molar-refractivity contribution in [3.63, 3.8) is 0 Å². The van der Waals surface area contributed by atoms with E-state index < -0.39 is 17.9 Å². The molecule has 0 aliphatic heterocycles. The molecule has 0 aromatic rings. The molecule has 7 heteroatoms. The van der Waals surface area contributed by atoms with Gasteiger partial charge < -0.3 is 19.7 Å². The molecule has 0 fully saturated rings. The lowest BCUT2D eigenvalue weighted by Crippen LogP contribution is -2.17. The average molecular weight is 246 g/mol. The highest BCUT2D eigenvalue weighted by Crippen LogP contribution is 1.83. The van der Waals surface area contributed by atoms with Crippen LogP contribution in [0.3, 0.4) is 0 Å². The van der Waals surface area contributed by atoms with Crippen molar-refractivity contribution in [2.45, 2.75) is 0 Å². The third-order valence-corrected chi connectivity index (χ3v) is 1.01. The number of carbonyl (C=O) groups excluding carboxylic acids is 2. The van der Waals surface area contributed by atoms with Crippen LogP contribution in [0.1, 0.15) is 0 Å². The number of ether oxygens (including phenoxy) is 2. The standard InChI is InChI=1S/C7H10O5.C3H4O2/c1-2-6(9)12-7(10)5-11-4-3-8;1-2-3(4)5/h2,8H,1,3-5H2;2H,1H2,(H,4,5). The van der Waals surface area contributed by atoms with Gasteiger partial charge in [-0.1, -0.05) is 13.2 Å². The molecule has 0 saturated heterocycles. The summed E-state index contributed by atoms with van der Waals surface area (Å²) >= 11 is 0. The maximum absolute atomic E-state index is 10.6. The van der Waals surface area contributed by atoms with Crippen LogP contribution in [0.25, 0.3) is 0 Å². The molecule has 0 unspecified atom stereocenters. The fourth-order valence-corrected chi connectivity index (χ4v) is 0.403. The third kappa shape index (κ3) is 16.7. The molecule has 96 valence electrons. The molecular weight excluding hydrogens is 232 g/mol. The van der Waals surface area contributed by atoms with Crippen LogP contribution in [0.4, 0.5) is 0 Å². The predicted octanol–water partition coefficient (Wildman–Crippen LogP) is -0.492. The first-order valence-corrected chi connectivity index (χ1v) is 4.39. The van der Waals surface area contributed by atoms with Gasteiger partial charge in [0, 0.05) is 12.2 Å². The minimum atomic E-state index is -0.981. The average Bonchev–Trinajstić information content (AvgIpc) is 2.30. The van der Waals surface area contributed by atoms with Gasteiger partial charge in [0.2, 0.25) is 0 Å². The molecule has 0 atom stereocenters. The number of hydrogen-bond acceptors (Lipinski definition) is 6. The molecule has 0 heterocycles. The monoisotopic (exact) mass is 246 g/mol. The van der Waals surface area contributed by atoms with Crippen LogP contribution in [-0.4, -0.2) is 47.9 Å². The Balaban J connectivity index is 0. The van der Waals surface area contributed by atoms with E-state index in [-0.39, 0.29) is 19.8 Å². The fourth-order valence-electron chi connectivity index (χ4n) is 0.403. The number of carboxylic acids is 1. The topological polar surface area (TPSA) is 110 Å². The second-order valence-electron chi connectivity index (χ2n) is 2.32. The van der Waals surface area contributed by atoms with E-state index in [1.54, 1.807) is 0 Å². The summed E-state index contributed by atoms with van der Waals surface area (Å²) in [5.74, 6) is -2.59. The molecule has 2 N–H and O–H groups in total. The number of esters is 2. The van der Waals surface area contributed by atoms with Gasteiger partial charge in [-0.15, -0.1) is 0 Å². The second-order valence-corrected chi connectivity index (χ2v) is 2.32. The van der Waals surface area contributed by atoms with E-state index in [2.05, 4.69) is 22.6 Å². The number of aliphatic hydroxyl groups excluding tert-OH is 1. The van der Waals surface area contributed by atoms with E-state index in [0.29, 0.717) is 0 Å². The number of carbonyl (C=O) groups is 3. The second kappa shape index (κ2) is 12.1. The minimum absolute atomic E-state index is 0.0391. The molecule has 7 nitrogen and oxygen atoms in total. The first-order valence-electron chi connectivity index (χ1n) is 4.39. The third-order valence-electron chi connectivity index (χ3n) is 1.01. The van der Waals surface area contributed by atoms with Gasteiger partial charge in [0.15, 0.2) is 0 Å². The van der Waals surface area contributed by atoms with Gasteiger partial charge in [0.1, 0.15) is 6.61 Å². The molecule has 0 rings (SSSR count). The number of aliphatic hydroxyl groups is 1. The molecule has 0 aliphatic rings. The molecule has 0 bridgehead atoms. The molecule has 17 heavy (non-hydrogen) atoms. The van der Waals surface area contributed by atoms with Gasteiger partial charge in [-0.3, -0.25) is 0 Å². The van der Waals surface area contributed by atoms with Gasteiger partial charge in [-0.05, 0) is 0 Å². The molecule has 0 aliphatic carbocycles. The summed E-state index contributed by atoms with van der Waals surface area (Å²) < 4.78 is 8.72. The molecular formula is C10H14O7. The Morgan fingerprint density at radius 3 is 2.06 bits per heavy atom. The van der Waals surface area contributed by atoms with E-state index >= 15 is 0 Å². The Kier molecular flexibility index (Phi) is 12.4. The summed E-state index contributed by atoms with van der Waals surface area (Å²) in [7, 11) is 0. The predicted molar refractivity (Wildman–Crippen MR) is 57.0 cm³/mol. The Morgan fingerprint density at radius 2 is 1.71 bits per heavy atom. The van der Waals surface area contributed by atoms with Crippen molar-refractivity contribution in [3.05, 3.63) is 25.3 Å². The van der Waals surface area contributed by atoms with E-state index in [9.17, 15) is 14.4 Å². The molecule has 0 aromatic carbocycles. The Morgan fingerprint density at radius 1 is 1.18 bits per heavy atom. The van der Waals surface area contributed by atoms with Crippen LogP contribution in [0.2, 0.25) is 0 Å². The van der Waals surface area contributed by atoms with Crippen molar-refractivity contribution in [2.24, 2.45) is 0 Å². The van der Waals surface area contributed by atoms with E-state index in [4.69, 9.17) is 10.2 Å². The molecule has 0 aromatic heterocycles. The summed E-state index contributed by atoms with van der Waals surface area (Å²) in [6.45, 7) is 5.58. The summed E-state index contributed by atoms with van der Waals surface area (Å²) in [5, 5.41) is 15.9. The first kappa shape index (κ1) is 17.4. The van der Waals surface area contributed by atoms with Gasteiger partial charge in [0.25, 0.3) is 0 Å². The fraction of sp³-hybridized carbons (Fsp3) is 0.300. The van der Waals surface area contributed by atoms with Crippen molar-refractivity contribution in [1.82, 2.24) is 0 Å². The largest absolute Gasteiger partial charge is 0.478 e. The zero-order chi connectivity index (χ0) is 13.7. The lowest BCUT2D eigenvalue weighted by atomic mass is 10.6. The SMILES string of the molecule is C=CC(=O)O.C=CC(=O)OC(=O)COCCO. The minimum Gasteiger partial charge on any atom is -0.478 e. The molecule has 0 radical (unpaired) electrons. The van der Waals surface area contributed by atoms with Gasteiger partial charge >= 0.3 is 17.9 Å². The molecule has 0 amide bonds. The van der Waals surface area contributed by atoms with Crippen molar-refractivity contribution in [3.8, 4) is 0 Å². The van der Waals surface area contributed by atoms with Gasteiger partial charge in [-0.25, -0.2) is 14.4 Å². The van der Waals surface area contributed by atoms with Crippen molar-refractivity contribution >= 4 is 17.9 Å². The van der Waals surface area contributed by atoms with E-state index in [1.807, 2.05) is 0 Å². The van der Waals surface area contributed by atoms with E-state index in [1.165, 1.54) is 0 Å². The zero-order valence-electron chi connectivity index (χ0n) is 9.13. The highest BCUT2D eigenvalue weighted by Gasteiger charge is 2.06. The number of rotatable bonds is 6. The van der Waals surface area contributed by atoms with Crippen molar-refractivity contribution < 1.29 is 34.1 Å². The van der Waals surface area contributed by atoms with Crippen molar-refractivity contribution in [1.29, 1.82) is 0 Å². The summed E-state index contributed by atoms with van der Waals surface area (Å²) in [6.07, 6.45) is 1.71. The van der Waals surface area contributed by atoms with Crippen LogP contribution < -0.4 is 0 Å². The van der Waals surface area contributed by atoms with Crippen LogP contribution >= 0.6 is 0 Å². The zero-order valence-corrected chi connectivity index (χ0v) is 9.13. The summed E-state index contributed by atoms with van der Waals surface area (Å²) in [4.78, 5) is 30.2. The number of aliphatic carboxylic acids is 1. The summed E-state index contributed by atoms with van der Waals surface area (Å²) in [6, 6.07) is 0. The lowest BCUT2D eigenvalue weighted by Gasteiger charge is -1.99. The van der Waals surface area contributed by atoms with Crippen LogP contribution in [0, 0.1) is 0 Å². The Bertz CT molecular complexity index is 282.